The minimum atomic E-state index is 0.280. The fraction of sp³-hybridized carbons (Fsp3) is 0.667. The molecule has 114 valence electrons. The number of nitrogens with one attached hydrogen (secondary N) is 1. The van der Waals surface area contributed by atoms with E-state index in [4.69, 9.17) is 0 Å². The molecule has 0 heterocycles. The first kappa shape index (κ1) is 17.2. The first-order valence-corrected chi connectivity index (χ1v) is 7.92. The predicted octanol–water partition coefficient (Wildman–Crippen LogP) is 4.16. The third-order valence-corrected chi connectivity index (χ3v) is 4.67. The van der Waals surface area contributed by atoms with E-state index in [2.05, 4.69) is 76.1 Å². The van der Waals surface area contributed by atoms with Crippen molar-refractivity contribution in [2.24, 2.45) is 0 Å². The van der Waals surface area contributed by atoms with Gasteiger partial charge >= 0.3 is 0 Å². The summed E-state index contributed by atoms with van der Waals surface area (Å²) in [5.74, 6) is 0. The Labute approximate surface area is 125 Å². The van der Waals surface area contributed by atoms with Crippen molar-refractivity contribution < 1.29 is 0 Å². The van der Waals surface area contributed by atoms with Crippen LogP contribution in [0.15, 0.2) is 24.3 Å². The number of benzene rings is 1. The SMILES string of the molecule is CCNC(CCN(C)C(C)(C)CC)c1ccccc1C. The molecule has 0 amide bonds. The summed E-state index contributed by atoms with van der Waals surface area (Å²) in [5.41, 5.74) is 3.11. The first-order chi connectivity index (χ1) is 9.42. The number of aryl methyl sites for hydroxylation is 1. The van der Waals surface area contributed by atoms with Gasteiger partial charge in [0.2, 0.25) is 0 Å². The van der Waals surface area contributed by atoms with Crippen molar-refractivity contribution in [1.29, 1.82) is 0 Å². The van der Waals surface area contributed by atoms with Crippen LogP contribution in [0.3, 0.4) is 0 Å². The van der Waals surface area contributed by atoms with E-state index in [1.807, 2.05) is 0 Å². The highest BCUT2D eigenvalue weighted by molar-refractivity contribution is 5.28. The van der Waals surface area contributed by atoms with Gasteiger partial charge in [0.1, 0.15) is 0 Å². The average Bonchev–Trinajstić information content (AvgIpc) is 2.43. The molecule has 0 aliphatic heterocycles. The summed E-state index contributed by atoms with van der Waals surface area (Å²) in [7, 11) is 2.24. The van der Waals surface area contributed by atoms with Gasteiger partial charge in [-0.25, -0.2) is 0 Å². The summed E-state index contributed by atoms with van der Waals surface area (Å²) in [4.78, 5) is 2.48. The first-order valence-electron chi connectivity index (χ1n) is 7.92. The van der Waals surface area contributed by atoms with Gasteiger partial charge in [0.25, 0.3) is 0 Å². The Morgan fingerprint density at radius 3 is 2.40 bits per heavy atom. The Balaban J connectivity index is 2.72. The molecule has 0 aromatic heterocycles. The third-order valence-electron chi connectivity index (χ3n) is 4.67. The van der Waals surface area contributed by atoms with Crippen LogP contribution in [0.2, 0.25) is 0 Å². The van der Waals surface area contributed by atoms with Gasteiger partial charge < -0.3 is 10.2 Å². The van der Waals surface area contributed by atoms with Crippen LogP contribution >= 0.6 is 0 Å². The van der Waals surface area contributed by atoms with Gasteiger partial charge in [0, 0.05) is 18.1 Å². The number of nitrogens with zero attached hydrogens (tertiary/aromatic N) is 1. The van der Waals surface area contributed by atoms with Crippen LogP contribution in [0.4, 0.5) is 0 Å². The lowest BCUT2D eigenvalue weighted by atomic mass is 9.96. The Morgan fingerprint density at radius 2 is 1.85 bits per heavy atom. The molecule has 1 aromatic rings. The maximum Gasteiger partial charge on any atom is 0.0334 e. The van der Waals surface area contributed by atoms with Crippen LogP contribution in [0.1, 0.15) is 57.7 Å². The number of hydrogen-bond acceptors (Lipinski definition) is 2. The molecular formula is C18H32N2. The van der Waals surface area contributed by atoms with E-state index < -0.39 is 0 Å². The van der Waals surface area contributed by atoms with Crippen molar-refractivity contribution in [2.75, 3.05) is 20.1 Å². The van der Waals surface area contributed by atoms with Crippen molar-refractivity contribution in [2.45, 2.75) is 59.0 Å². The summed E-state index contributed by atoms with van der Waals surface area (Å²) in [6, 6.07) is 9.18. The maximum atomic E-state index is 3.64. The van der Waals surface area contributed by atoms with Gasteiger partial charge in [-0.3, -0.25) is 0 Å². The molecule has 1 aromatic carbocycles. The zero-order chi connectivity index (χ0) is 15.2. The highest BCUT2D eigenvalue weighted by Crippen LogP contribution is 2.23. The molecule has 0 fully saturated rings. The van der Waals surface area contributed by atoms with E-state index in [9.17, 15) is 0 Å². The lowest BCUT2D eigenvalue weighted by molar-refractivity contribution is 0.144. The molecule has 0 aliphatic carbocycles. The monoisotopic (exact) mass is 276 g/mol. The molecule has 0 saturated heterocycles. The standard InChI is InChI=1S/C18H32N2/c1-7-18(4,5)20(6)14-13-17(19-8-2)16-12-10-9-11-15(16)3/h9-12,17,19H,7-8,13-14H2,1-6H3. The van der Waals surface area contributed by atoms with Crippen LogP contribution in [0.5, 0.6) is 0 Å². The Morgan fingerprint density at radius 1 is 1.20 bits per heavy atom. The van der Waals surface area contributed by atoms with Gasteiger partial charge in [-0.2, -0.15) is 0 Å². The Kier molecular flexibility index (Phi) is 6.70. The summed E-state index contributed by atoms with van der Waals surface area (Å²) in [5, 5.41) is 3.64. The van der Waals surface area contributed by atoms with Crippen molar-refractivity contribution >= 4 is 0 Å². The molecule has 0 spiro atoms. The zero-order valence-corrected chi connectivity index (χ0v) is 14.2. The molecule has 0 saturated carbocycles. The van der Waals surface area contributed by atoms with Gasteiger partial charge in [0.05, 0.1) is 0 Å². The maximum absolute atomic E-state index is 3.64. The molecule has 1 unspecified atom stereocenters. The Bertz CT molecular complexity index is 398. The third kappa shape index (κ3) is 4.60. The average molecular weight is 276 g/mol. The Hall–Kier alpha value is -0.860. The fourth-order valence-corrected chi connectivity index (χ4v) is 2.49. The number of rotatable bonds is 8. The van der Waals surface area contributed by atoms with Gasteiger partial charge in [-0.15, -0.1) is 0 Å². The lowest BCUT2D eigenvalue weighted by Gasteiger charge is -2.36. The van der Waals surface area contributed by atoms with E-state index in [0.717, 1.165) is 19.5 Å². The number of hydrogen-bond donors (Lipinski definition) is 1. The van der Waals surface area contributed by atoms with Crippen LogP contribution < -0.4 is 5.32 Å². The second-order valence-electron chi connectivity index (χ2n) is 6.34. The fourth-order valence-electron chi connectivity index (χ4n) is 2.49. The lowest BCUT2D eigenvalue weighted by Crippen LogP contribution is -2.42. The van der Waals surface area contributed by atoms with Crippen LogP contribution in [-0.4, -0.2) is 30.6 Å². The normalized spacial score (nSPS) is 13.8. The van der Waals surface area contributed by atoms with E-state index in [-0.39, 0.29) is 5.54 Å². The molecule has 2 heteroatoms. The summed E-state index contributed by atoms with van der Waals surface area (Å²) < 4.78 is 0. The van der Waals surface area contributed by atoms with E-state index in [1.165, 1.54) is 17.5 Å². The molecule has 0 aliphatic rings. The highest BCUT2D eigenvalue weighted by atomic mass is 15.2. The highest BCUT2D eigenvalue weighted by Gasteiger charge is 2.22. The van der Waals surface area contributed by atoms with Gasteiger partial charge in [0.15, 0.2) is 0 Å². The quantitative estimate of drug-likeness (QED) is 0.767. The predicted molar refractivity (Wildman–Crippen MR) is 89.2 cm³/mol. The van der Waals surface area contributed by atoms with E-state index in [0.29, 0.717) is 6.04 Å². The smallest absolute Gasteiger partial charge is 0.0334 e. The van der Waals surface area contributed by atoms with Crippen LogP contribution in [0, 0.1) is 6.92 Å². The zero-order valence-electron chi connectivity index (χ0n) is 14.2. The van der Waals surface area contributed by atoms with E-state index >= 15 is 0 Å². The molecule has 0 bridgehead atoms. The molecule has 1 rings (SSSR count). The van der Waals surface area contributed by atoms with Gasteiger partial charge in [-0.05, 0) is 58.3 Å². The van der Waals surface area contributed by atoms with Crippen LogP contribution in [0.25, 0.3) is 0 Å². The second-order valence-corrected chi connectivity index (χ2v) is 6.34. The van der Waals surface area contributed by atoms with Crippen molar-refractivity contribution in [3.63, 3.8) is 0 Å². The summed E-state index contributed by atoms with van der Waals surface area (Å²) >= 11 is 0. The van der Waals surface area contributed by atoms with Crippen molar-refractivity contribution in [3.05, 3.63) is 35.4 Å². The van der Waals surface area contributed by atoms with Crippen molar-refractivity contribution in [3.8, 4) is 0 Å². The van der Waals surface area contributed by atoms with Gasteiger partial charge in [-0.1, -0.05) is 38.1 Å². The summed E-state index contributed by atoms with van der Waals surface area (Å²) in [6.45, 7) is 13.4. The molecule has 2 nitrogen and oxygen atoms in total. The molecule has 20 heavy (non-hydrogen) atoms. The van der Waals surface area contributed by atoms with Crippen molar-refractivity contribution in [1.82, 2.24) is 10.2 Å². The largest absolute Gasteiger partial charge is 0.310 e. The molecular weight excluding hydrogens is 244 g/mol. The second kappa shape index (κ2) is 7.80. The molecule has 1 atom stereocenters. The van der Waals surface area contributed by atoms with E-state index in [1.54, 1.807) is 0 Å². The van der Waals surface area contributed by atoms with Crippen LogP contribution in [-0.2, 0) is 0 Å². The molecule has 0 radical (unpaired) electrons. The minimum Gasteiger partial charge on any atom is -0.310 e. The summed E-state index contributed by atoms with van der Waals surface area (Å²) in [6.07, 6.45) is 2.33. The molecule has 1 N–H and O–H groups in total. The topological polar surface area (TPSA) is 15.3 Å². The minimum absolute atomic E-state index is 0.280.